The van der Waals surface area contributed by atoms with E-state index in [0.717, 1.165) is 0 Å². The number of carbonyl (C=O) groups excluding carboxylic acids is 1. The summed E-state index contributed by atoms with van der Waals surface area (Å²) in [6, 6.07) is 5.43. The molecule has 18 heavy (non-hydrogen) atoms. The lowest BCUT2D eigenvalue weighted by molar-refractivity contribution is 0.0601. The van der Waals surface area contributed by atoms with Gasteiger partial charge in [0.2, 0.25) is 0 Å². The molecule has 0 aliphatic rings. The second-order valence-corrected chi connectivity index (χ2v) is 3.66. The zero-order chi connectivity index (χ0) is 13.1. The van der Waals surface area contributed by atoms with Crippen LogP contribution in [0.1, 0.15) is 17.3 Å². The van der Waals surface area contributed by atoms with Gasteiger partial charge in [-0.25, -0.2) is 4.79 Å². The molecule has 94 valence electrons. The summed E-state index contributed by atoms with van der Waals surface area (Å²) in [7, 11) is 1.31. The molecule has 0 aliphatic carbocycles. The number of anilines is 1. The van der Waals surface area contributed by atoms with Crippen molar-refractivity contribution >= 4 is 22.6 Å². The summed E-state index contributed by atoms with van der Waals surface area (Å²) >= 11 is 0. The number of hydrogen-bond donors (Lipinski definition) is 1. The van der Waals surface area contributed by atoms with E-state index in [9.17, 15) is 4.79 Å². The number of methoxy groups -OCH3 is 1. The normalized spacial score (nSPS) is 10.3. The van der Waals surface area contributed by atoms with E-state index in [1.54, 1.807) is 6.07 Å². The highest BCUT2D eigenvalue weighted by Crippen LogP contribution is 2.29. The smallest absolute Gasteiger partial charge is 0.341 e. The van der Waals surface area contributed by atoms with Crippen molar-refractivity contribution in [3.63, 3.8) is 0 Å². The molecule has 1 aromatic carbocycles. The summed E-state index contributed by atoms with van der Waals surface area (Å²) in [6.07, 6.45) is 1.41. The largest absolute Gasteiger partial charge is 0.492 e. The number of aromatic nitrogens is 1. The Labute approximate surface area is 105 Å². The Kier molecular flexibility index (Phi) is 3.32. The Morgan fingerprint density at radius 3 is 2.89 bits per heavy atom. The molecule has 2 rings (SSSR count). The van der Waals surface area contributed by atoms with Crippen LogP contribution in [0.4, 0.5) is 5.69 Å². The van der Waals surface area contributed by atoms with E-state index in [1.807, 2.05) is 19.1 Å². The van der Waals surface area contributed by atoms with Gasteiger partial charge in [0.25, 0.3) is 0 Å². The number of nitrogens with two attached hydrogens (primary N) is 1. The van der Waals surface area contributed by atoms with Crippen molar-refractivity contribution in [3.8, 4) is 5.75 Å². The van der Waals surface area contributed by atoms with Crippen LogP contribution in [-0.4, -0.2) is 24.7 Å². The van der Waals surface area contributed by atoms with Crippen LogP contribution in [0, 0.1) is 0 Å². The zero-order valence-electron chi connectivity index (χ0n) is 10.3. The van der Waals surface area contributed by atoms with Gasteiger partial charge < -0.3 is 15.2 Å². The van der Waals surface area contributed by atoms with E-state index in [4.69, 9.17) is 10.5 Å². The molecule has 0 aliphatic heterocycles. The van der Waals surface area contributed by atoms with E-state index in [-0.39, 0.29) is 5.56 Å². The Bertz CT molecular complexity index is 596. The standard InChI is InChI=1S/C13H14N2O3/c1-3-18-10-6-4-5-8-11(14)9(13(16)17-2)7-15-12(8)10/h4-7H,3H2,1-2H3,(H2,14,15). The average molecular weight is 246 g/mol. The maximum absolute atomic E-state index is 11.5. The van der Waals surface area contributed by atoms with Crippen molar-refractivity contribution in [2.45, 2.75) is 6.92 Å². The van der Waals surface area contributed by atoms with Crippen molar-refractivity contribution in [3.05, 3.63) is 30.0 Å². The Hall–Kier alpha value is -2.30. The Balaban J connectivity index is 2.65. The third-order valence-corrected chi connectivity index (χ3v) is 2.61. The molecule has 2 aromatic rings. The average Bonchev–Trinajstić information content (AvgIpc) is 2.39. The summed E-state index contributed by atoms with van der Waals surface area (Å²) in [5, 5.41) is 0.684. The number of esters is 1. The SMILES string of the molecule is CCOc1cccc2c(N)c(C(=O)OC)cnc12. The number of benzene rings is 1. The Morgan fingerprint density at radius 1 is 1.44 bits per heavy atom. The maximum atomic E-state index is 11.5. The minimum Gasteiger partial charge on any atom is -0.492 e. The van der Waals surface area contributed by atoms with Crippen LogP contribution in [0.25, 0.3) is 10.9 Å². The number of fused-ring (bicyclic) bond motifs is 1. The van der Waals surface area contributed by atoms with Gasteiger partial charge in [0.15, 0.2) is 0 Å². The first-order chi connectivity index (χ1) is 8.69. The lowest BCUT2D eigenvalue weighted by atomic mass is 10.1. The second-order valence-electron chi connectivity index (χ2n) is 3.66. The van der Waals surface area contributed by atoms with Crippen LogP contribution in [0.5, 0.6) is 5.75 Å². The molecule has 0 atom stereocenters. The van der Waals surface area contributed by atoms with Crippen LogP contribution in [0.2, 0.25) is 0 Å². The van der Waals surface area contributed by atoms with Gasteiger partial charge in [-0.2, -0.15) is 0 Å². The summed E-state index contributed by atoms with van der Waals surface area (Å²) in [5.41, 5.74) is 7.22. The summed E-state index contributed by atoms with van der Waals surface area (Å²) < 4.78 is 10.1. The molecule has 1 aromatic heterocycles. The number of hydrogen-bond acceptors (Lipinski definition) is 5. The van der Waals surface area contributed by atoms with E-state index in [1.165, 1.54) is 13.3 Å². The molecule has 0 radical (unpaired) electrons. The number of carbonyl (C=O) groups is 1. The molecular weight excluding hydrogens is 232 g/mol. The van der Waals surface area contributed by atoms with E-state index < -0.39 is 5.97 Å². The number of pyridine rings is 1. The zero-order valence-corrected chi connectivity index (χ0v) is 10.3. The second kappa shape index (κ2) is 4.91. The van der Waals surface area contributed by atoms with Crippen LogP contribution in [-0.2, 0) is 4.74 Å². The van der Waals surface area contributed by atoms with Crippen molar-refractivity contribution in [2.75, 3.05) is 19.5 Å². The number of para-hydroxylation sites is 1. The molecule has 1 heterocycles. The van der Waals surface area contributed by atoms with Crippen LogP contribution in [0.15, 0.2) is 24.4 Å². The highest BCUT2D eigenvalue weighted by molar-refractivity contribution is 6.05. The molecule has 0 unspecified atom stereocenters. The van der Waals surface area contributed by atoms with E-state index in [0.29, 0.717) is 28.9 Å². The van der Waals surface area contributed by atoms with Gasteiger partial charge in [-0.1, -0.05) is 12.1 Å². The minimum absolute atomic E-state index is 0.263. The van der Waals surface area contributed by atoms with E-state index in [2.05, 4.69) is 9.72 Å². The van der Waals surface area contributed by atoms with Crippen molar-refractivity contribution in [1.82, 2.24) is 4.98 Å². The number of ether oxygens (including phenoxy) is 2. The molecule has 0 spiro atoms. The van der Waals surface area contributed by atoms with Gasteiger partial charge in [-0.3, -0.25) is 4.98 Å². The minimum atomic E-state index is -0.497. The molecule has 5 nitrogen and oxygen atoms in total. The summed E-state index contributed by atoms with van der Waals surface area (Å²) in [4.78, 5) is 15.7. The first-order valence-corrected chi connectivity index (χ1v) is 5.57. The molecule has 0 saturated heterocycles. The monoisotopic (exact) mass is 246 g/mol. The van der Waals surface area contributed by atoms with Crippen LogP contribution in [0.3, 0.4) is 0 Å². The van der Waals surface area contributed by atoms with Crippen molar-refractivity contribution in [2.24, 2.45) is 0 Å². The number of nitrogen functional groups attached to an aromatic ring is 1. The molecular formula is C13H14N2O3. The predicted molar refractivity (Wildman–Crippen MR) is 68.7 cm³/mol. The van der Waals surface area contributed by atoms with Crippen molar-refractivity contribution < 1.29 is 14.3 Å². The number of nitrogens with zero attached hydrogens (tertiary/aromatic N) is 1. The predicted octanol–water partition coefficient (Wildman–Crippen LogP) is 2.00. The van der Waals surface area contributed by atoms with Gasteiger partial charge in [-0.05, 0) is 13.0 Å². The fraction of sp³-hybridized carbons (Fsp3) is 0.231. The highest BCUT2D eigenvalue weighted by atomic mass is 16.5. The van der Waals surface area contributed by atoms with Gasteiger partial charge in [-0.15, -0.1) is 0 Å². The summed E-state index contributed by atoms with van der Waals surface area (Å²) in [5.74, 6) is 0.154. The topological polar surface area (TPSA) is 74.4 Å². The maximum Gasteiger partial charge on any atom is 0.341 e. The lowest BCUT2D eigenvalue weighted by Gasteiger charge is -2.10. The molecule has 2 N–H and O–H groups in total. The van der Waals surface area contributed by atoms with E-state index >= 15 is 0 Å². The fourth-order valence-corrected chi connectivity index (χ4v) is 1.76. The van der Waals surface area contributed by atoms with Gasteiger partial charge in [0.05, 0.1) is 19.4 Å². The Morgan fingerprint density at radius 2 is 2.22 bits per heavy atom. The van der Waals surface area contributed by atoms with Crippen LogP contribution < -0.4 is 10.5 Å². The summed E-state index contributed by atoms with van der Waals surface area (Å²) in [6.45, 7) is 2.43. The van der Waals surface area contributed by atoms with Crippen LogP contribution >= 0.6 is 0 Å². The first kappa shape index (κ1) is 12.2. The molecule has 0 bridgehead atoms. The molecule has 0 saturated carbocycles. The molecule has 5 heteroatoms. The van der Waals surface area contributed by atoms with Gasteiger partial charge in [0.1, 0.15) is 16.8 Å². The molecule has 0 fully saturated rings. The first-order valence-electron chi connectivity index (χ1n) is 5.57. The highest BCUT2D eigenvalue weighted by Gasteiger charge is 2.15. The van der Waals surface area contributed by atoms with Gasteiger partial charge in [0, 0.05) is 11.6 Å². The fourth-order valence-electron chi connectivity index (χ4n) is 1.76. The quantitative estimate of drug-likeness (QED) is 0.838. The van der Waals surface area contributed by atoms with Gasteiger partial charge >= 0.3 is 5.97 Å². The van der Waals surface area contributed by atoms with Crippen molar-refractivity contribution in [1.29, 1.82) is 0 Å². The number of rotatable bonds is 3. The molecule has 0 amide bonds. The third kappa shape index (κ3) is 1.95. The lowest BCUT2D eigenvalue weighted by Crippen LogP contribution is -2.07. The third-order valence-electron chi connectivity index (χ3n) is 2.61.